The van der Waals surface area contributed by atoms with E-state index >= 15 is 0 Å². The number of anilines is 1. The molecule has 1 amide bonds. The lowest BCUT2D eigenvalue weighted by molar-refractivity contribution is 0.0600. The van der Waals surface area contributed by atoms with E-state index in [0.717, 1.165) is 41.1 Å². The predicted octanol–water partition coefficient (Wildman–Crippen LogP) is 4.52. The highest BCUT2D eigenvalue weighted by Gasteiger charge is 2.41. The number of thiazole rings is 1. The Morgan fingerprint density at radius 1 is 1.28 bits per heavy atom. The normalized spacial score (nSPS) is 17.2. The van der Waals surface area contributed by atoms with Gasteiger partial charge in [-0.05, 0) is 80.8 Å². The minimum absolute atomic E-state index is 0.437. The largest absolute Gasteiger partial charge is 0.444 e. The van der Waals surface area contributed by atoms with E-state index in [4.69, 9.17) is 10.7 Å². The Labute approximate surface area is 200 Å². The molecule has 1 aliphatic heterocycles. The molecule has 1 spiro atoms. The fourth-order valence-electron chi connectivity index (χ4n) is 4.47. The average molecular weight is 521 g/mol. The molecule has 3 aromatic rings. The number of primary amides is 1. The molecule has 0 radical (unpaired) electrons. The van der Waals surface area contributed by atoms with Crippen molar-refractivity contribution < 1.29 is 9.53 Å². The monoisotopic (exact) mass is 520 g/mol. The zero-order valence-corrected chi connectivity index (χ0v) is 21.3. The van der Waals surface area contributed by atoms with Gasteiger partial charge in [0, 0.05) is 18.0 Å². The molecule has 32 heavy (non-hydrogen) atoms. The SMILES string of the molecule is CC(C)(C)OC(N)=O.Cc1nc(N2CCC3(CC2)Cc2ncsc2C3)c2ccnn2c1Br. The van der Waals surface area contributed by atoms with Gasteiger partial charge in [-0.25, -0.2) is 19.3 Å². The van der Waals surface area contributed by atoms with Gasteiger partial charge in [-0.2, -0.15) is 5.10 Å². The van der Waals surface area contributed by atoms with Crippen molar-refractivity contribution in [2.75, 3.05) is 18.0 Å². The van der Waals surface area contributed by atoms with Crippen molar-refractivity contribution in [3.8, 4) is 0 Å². The molecule has 3 aromatic heterocycles. The summed E-state index contributed by atoms with van der Waals surface area (Å²) < 4.78 is 7.46. The Bertz CT molecular complexity index is 1100. The molecule has 10 heteroatoms. The van der Waals surface area contributed by atoms with Gasteiger partial charge in [0.15, 0.2) is 5.82 Å². The molecule has 4 heterocycles. The number of hydrogen-bond acceptors (Lipinski definition) is 7. The Kier molecular flexibility index (Phi) is 6.19. The highest BCUT2D eigenvalue weighted by atomic mass is 79.9. The first-order chi connectivity index (χ1) is 15.1. The van der Waals surface area contributed by atoms with Gasteiger partial charge in [0.05, 0.1) is 23.1 Å². The summed E-state index contributed by atoms with van der Waals surface area (Å²) >= 11 is 5.42. The molecule has 172 valence electrons. The maximum Gasteiger partial charge on any atom is 0.405 e. The molecule has 0 saturated carbocycles. The van der Waals surface area contributed by atoms with Crippen LogP contribution in [-0.2, 0) is 17.6 Å². The van der Waals surface area contributed by atoms with E-state index in [0.29, 0.717) is 5.41 Å². The van der Waals surface area contributed by atoms with Gasteiger partial charge >= 0.3 is 6.09 Å². The quantitative estimate of drug-likeness (QED) is 0.506. The number of carbonyl (C=O) groups is 1. The topological polar surface area (TPSA) is 98.6 Å². The molecule has 1 saturated heterocycles. The molecule has 2 N–H and O–H groups in total. The Balaban J connectivity index is 0.000000265. The number of aryl methyl sites for hydroxylation is 1. The van der Waals surface area contributed by atoms with Crippen LogP contribution in [0.15, 0.2) is 22.4 Å². The van der Waals surface area contributed by atoms with E-state index in [1.54, 1.807) is 20.8 Å². The first kappa shape index (κ1) is 23.0. The molecule has 0 bridgehead atoms. The van der Waals surface area contributed by atoms with Crippen LogP contribution in [0.4, 0.5) is 10.6 Å². The highest BCUT2D eigenvalue weighted by molar-refractivity contribution is 9.10. The lowest BCUT2D eigenvalue weighted by atomic mass is 9.76. The summed E-state index contributed by atoms with van der Waals surface area (Å²) in [5, 5.41) is 4.42. The molecule has 0 unspecified atom stereocenters. The maximum atomic E-state index is 10.0. The first-order valence-electron chi connectivity index (χ1n) is 10.7. The van der Waals surface area contributed by atoms with Crippen LogP contribution >= 0.6 is 27.3 Å². The van der Waals surface area contributed by atoms with E-state index < -0.39 is 11.7 Å². The molecular formula is C22H29BrN6O2S. The van der Waals surface area contributed by atoms with Crippen LogP contribution < -0.4 is 10.6 Å². The summed E-state index contributed by atoms with van der Waals surface area (Å²) in [5.74, 6) is 1.06. The summed E-state index contributed by atoms with van der Waals surface area (Å²) in [6.45, 7) is 9.43. The third kappa shape index (κ3) is 4.76. The zero-order chi connectivity index (χ0) is 23.1. The number of piperidine rings is 1. The van der Waals surface area contributed by atoms with Crippen LogP contribution in [0.1, 0.15) is 49.9 Å². The van der Waals surface area contributed by atoms with Gasteiger partial charge in [0.1, 0.15) is 15.7 Å². The third-order valence-electron chi connectivity index (χ3n) is 5.96. The van der Waals surface area contributed by atoms with Gasteiger partial charge in [0.25, 0.3) is 0 Å². The molecule has 0 atom stereocenters. The lowest BCUT2D eigenvalue weighted by Crippen LogP contribution is -2.41. The highest BCUT2D eigenvalue weighted by Crippen LogP contribution is 2.46. The Morgan fingerprint density at radius 2 is 2.00 bits per heavy atom. The average Bonchev–Trinajstić information content (AvgIpc) is 3.39. The number of amides is 1. The second kappa shape index (κ2) is 8.62. The van der Waals surface area contributed by atoms with E-state index in [1.165, 1.54) is 29.8 Å². The van der Waals surface area contributed by atoms with Crippen LogP contribution in [0.3, 0.4) is 0 Å². The second-order valence-corrected chi connectivity index (χ2v) is 11.2. The van der Waals surface area contributed by atoms with Crippen molar-refractivity contribution in [2.45, 2.75) is 59.0 Å². The summed E-state index contributed by atoms with van der Waals surface area (Å²) in [6, 6.07) is 2.05. The van der Waals surface area contributed by atoms with Crippen molar-refractivity contribution in [1.82, 2.24) is 19.6 Å². The van der Waals surface area contributed by atoms with E-state index in [-0.39, 0.29) is 0 Å². The first-order valence-corrected chi connectivity index (χ1v) is 12.4. The van der Waals surface area contributed by atoms with Crippen LogP contribution in [0.2, 0.25) is 0 Å². The van der Waals surface area contributed by atoms with E-state index in [1.807, 2.05) is 40.5 Å². The number of carbonyl (C=O) groups excluding carboxylic acids is 1. The van der Waals surface area contributed by atoms with Gasteiger partial charge in [-0.3, -0.25) is 0 Å². The maximum absolute atomic E-state index is 10.0. The Hall–Kier alpha value is -2.20. The Morgan fingerprint density at radius 3 is 2.59 bits per heavy atom. The minimum Gasteiger partial charge on any atom is -0.444 e. The number of nitrogens with two attached hydrogens (primary N) is 1. The lowest BCUT2D eigenvalue weighted by Gasteiger charge is -2.40. The molecule has 1 aliphatic carbocycles. The number of rotatable bonds is 1. The van der Waals surface area contributed by atoms with Crippen LogP contribution in [0.5, 0.6) is 0 Å². The van der Waals surface area contributed by atoms with E-state index in [2.05, 4.69) is 35.6 Å². The van der Waals surface area contributed by atoms with Crippen molar-refractivity contribution in [3.63, 3.8) is 0 Å². The molecular weight excluding hydrogens is 492 g/mol. The third-order valence-corrected chi connectivity index (χ3v) is 7.75. The van der Waals surface area contributed by atoms with Gasteiger partial charge in [-0.1, -0.05) is 0 Å². The smallest absolute Gasteiger partial charge is 0.405 e. The van der Waals surface area contributed by atoms with E-state index in [9.17, 15) is 4.79 Å². The standard InChI is InChI=1S/C17H18BrN5S.C5H11NO2/c1-11-15(18)23-13(2-5-20-23)16(21-11)22-6-3-17(4-7-22)8-12-14(9-17)24-10-19-12;1-5(2,3)8-4(6)7/h2,5,10H,3-4,6-9H2,1H3;1-3H3,(H2,6,7). The van der Waals surface area contributed by atoms with Crippen LogP contribution in [0, 0.1) is 12.3 Å². The molecule has 2 aliphatic rings. The zero-order valence-electron chi connectivity index (χ0n) is 18.9. The van der Waals surface area contributed by atoms with Crippen molar-refractivity contribution in [3.05, 3.63) is 38.6 Å². The fourth-order valence-corrected chi connectivity index (χ4v) is 5.79. The summed E-state index contributed by atoms with van der Waals surface area (Å²) in [5.41, 5.74) is 10.1. The van der Waals surface area contributed by atoms with Crippen molar-refractivity contribution in [2.24, 2.45) is 11.1 Å². The summed E-state index contributed by atoms with van der Waals surface area (Å²) in [4.78, 5) is 23.4. The van der Waals surface area contributed by atoms with Gasteiger partial charge in [0.2, 0.25) is 0 Å². The molecule has 1 fully saturated rings. The molecule has 5 rings (SSSR count). The minimum atomic E-state index is -0.725. The fraction of sp³-hybridized carbons (Fsp3) is 0.545. The van der Waals surface area contributed by atoms with Crippen molar-refractivity contribution in [1.29, 1.82) is 0 Å². The number of halogens is 1. The van der Waals surface area contributed by atoms with Crippen molar-refractivity contribution >= 4 is 44.7 Å². The van der Waals surface area contributed by atoms with Crippen LogP contribution in [0.25, 0.3) is 5.52 Å². The number of fused-ring (bicyclic) bond motifs is 2. The van der Waals surface area contributed by atoms with Gasteiger partial charge < -0.3 is 15.4 Å². The van der Waals surface area contributed by atoms with Crippen LogP contribution in [-0.4, -0.2) is 44.4 Å². The molecule has 0 aromatic carbocycles. The summed E-state index contributed by atoms with van der Waals surface area (Å²) in [6.07, 6.45) is 5.93. The summed E-state index contributed by atoms with van der Waals surface area (Å²) in [7, 11) is 0. The van der Waals surface area contributed by atoms with Gasteiger partial charge in [-0.15, -0.1) is 11.3 Å². The second-order valence-electron chi connectivity index (χ2n) is 9.54. The predicted molar refractivity (Wildman–Crippen MR) is 129 cm³/mol. The number of hydrogen-bond donors (Lipinski definition) is 1. The number of aromatic nitrogens is 4. The number of ether oxygens (including phenoxy) is 1. The molecule has 8 nitrogen and oxygen atoms in total. The number of nitrogens with zero attached hydrogens (tertiary/aromatic N) is 5.